The largest absolute Gasteiger partial charge is 0.481 e. The summed E-state index contributed by atoms with van der Waals surface area (Å²) in [5.74, 6) is -0.823. The molecule has 3 rings (SSSR count). The molecular weight excluding hydrogens is 272 g/mol. The molecule has 0 radical (unpaired) electrons. The summed E-state index contributed by atoms with van der Waals surface area (Å²) in [4.78, 5) is 15.2. The molecule has 4 nitrogen and oxygen atoms in total. The Morgan fingerprint density at radius 2 is 2.00 bits per heavy atom. The van der Waals surface area contributed by atoms with E-state index in [0.29, 0.717) is 0 Å². The number of para-hydroxylation sites is 1. The highest BCUT2D eigenvalue weighted by Crippen LogP contribution is 2.29. The van der Waals surface area contributed by atoms with Crippen molar-refractivity contribution < 1.29 is 9.90 Å². The molecule has 5 heteroatoms. The number of nitrogens with one attached hydrogen (secondary N) is 1. The molecule has 100 valence electrons. The Morgan fingerprint density at radius 3 is 2.75 bits per heavy atom. The number of thiazole rings is 1. The van der Waals surface area contributed by atoms with Crippen molar-refractivity contribution in [2.45, 2.75) is 6.42 Å². The summed E-state index contributed by atoms with van der Waals surface area (Å²) in [7, 11) is 0. The number of carboxylic acid groups (broad SMARTS) is 1. The second kappa shape index (κ2) is 5.30. The van der Waals surface area contributed by atoms with Gasteiger partial charge in [0.15, 0.2) is 5.13 Å². The first kappa shape index (κ1) is 12.6. The summed E-state index contributed by atoms with van der Waals surface area (Å²) < 4.78 is 0.988. The van der Waals surface area contributed by atoms with Crippen LogP contribution in [0.25, 0.3) is 10.2 Å². The molecule has 0 spiro atoms. The van der Waals surface area contributed by atoms with E-state index in [2.05, 4.69) is 10.3 Å². The number of anilines is 2. The maximum Gasteiger partial charge on any atom is 0.307 e. The highest BCUT2D eigenvalue weighted by molar-refractivity contribution is 7.22. The topological polar surface area (TPSA) is 62.2 Å². The fourth-order valence-corrected chi connectivity index (χ4v) is 2.90. The average Bonchev–Trinajstić information content (AvgIpc) is 2.80. The van der Waals surface area contributed by atoms with Crippen LogP contribution < -0.4 is 5.32 Å². The van der Waals surface area contributed by atoms with Gasteiger partial charge in [-0.15, -0.1) is 0 Å². The number of carboxylic acids is 1. The van der Waals surface area contributed by atoms with Crippen molar-refractivity contribution in [1.29, 1.82) is 0 Å². The monoisotopic (exact) mass is 284 g/mol. The van der Waals surface area contributed by atoms with Crippen molar-refractivity contribution in [2.75, 3.05) is 5.32 Å². The smallest absolute Gasteiger partial charge is 0.307 e. The molecule has 0 aliphatic carbocycles. The lowest BCUT2D eigenvalue weighted by atomic mass is 10.1. The number of aromatic nitrogens is 1. The molecule has 0 unspecified atom stereocenters. The Kier molecular flexibility index (Phi) is 3.35. The fourth-order valence-electron chi connectivity index (χ4n) is 1.95. The van der Waals surface area contributed by atoms with Crippen LogP contribution >= 0.6 is 11.3 Å². The van der Waals surface area contributed by atoms with Crippen LogP contribution in [0.3, 0.4) is 0 Å². The minimum atomic E-state index is -0.823. The number of fused-ring (bicyclic) bond motifs is 1. The molecule has 0 amide bonds. The van der Waals surface area contributed by atoms with Crippen molar-refractivity contribution in [1.82, 2.24) is 4.98 Å². The van der Waals surface area contributed by atoms with Gasteiger partial charge in [-0.05, 0) is 29.8 Å². The summed E-state index contributed by atoms with van der Waals surface area (Å²) in [6.07, 6.45) is 0.0370. The lowest BCUT2D eigenvalue weighted by molar-refractivity contribution is -0.136. The molecule has 2 N–H and O–H groups in total. The minimum Gasteiger partial charge on any atom is -0.481 e. The van der Waals surface area contributed by atoms with E-state index in [0.717, 1.165) is 26.6 Å². The van der Waals surface area contributed by atoms with Crippen molar-refractivity contribution in [3.63, 3.8) is 0 Å². The second-order valence-corrected chi connectivity index (χ2v) is 5.41. The van der Waals surface area contributed by atoms with E-state index in [4.69, 9.17) is 5.11 Å². The third-order valence-electron chi connectivity index (χ3n) is 2.83. The van der Waals surface area contributed by atoms with E-state index < -0.39 is 5.97 Å². The van der Waals surface area contributed by atoms with E-state index >= 15 is 0 Å². The van der Waals surface area contributed by atoms with Crippen molar-refractivity contribution >= 4 is 38.3 Å². The van der Waals surface area contributed by atoms with Gasteiger partial charge in [-0.3, -0.25) is 4.79 Å². The van der Waals surface area contributed by atoms with Crippen LogP contribution in [0.5, 0.6) is 0 Å². The molecule has 0 bridgehead atoms. The maximum atomic E-state index is 10.7. The first-order chi connectivity index (χ1) is 9.70. The second-order valence-electron chi connectivity index (χ2n) is 4.38. The highest BCUT2D eigenvalue weighted by atomic mass is 32.1. The summed E-state index contributed by atoms with van der Waals surface area (Å²) in [5.41, 5.74) is 2.65. The molecule has 0 aliphatic heterocycles. The Hall–Kier alpha value is -2.40. The maximum absolute atomic E-state index is 10.7. The van der Waals surface area contributed by atoms with Gasteiger partial charge in [0.05, 0.1) is 16.6 Å². The third kappa shape index (κ3) is 2.78. The Morgan fingerprint density at radius 1 is 1.20 bits per heavy atom. The van der Waals surface area contributed by atoms with E-state index in [9.17, 15) is 4.79 Å². The predicted molar refractivity (Wildman–Crippen MR) is 80.7 cm³/mol. The number of rotatable bonds is 4. The molecule has 1 heterocycles. The molecular formula is C15H12N2O2S. The van der Waals surface area contributed by atoms with Crippen molar-refractivity contribution in [3.05, 3.63) is 54.1 Å². The quantitative estimate of drug-likeness (QED) is 0.767. The van der Waals surface area contributed by atoms with Crippen LogP contribution in [0.2, 0.25) is 0 Å². The predicted octanol–water partition coefficient (Wildman–Crippen LogP) is 3.67. The molecule has 0 aliphatic rings. The molecule has 0 saturated carbocycles. The fraction of sp³-hybridized carbons (Fsp3) is 0.0667. The van der Waals surface area contributed by atoms with Gasteiger partial charge in [0, 0.05) is 5.69 Å². The molecule has 2 aromatic carbocycles. The molecule has 3 aromatic rings. The Bertz CT molecular complexity index is 753. The number of nitrogens with zero attached hydrogens (tertiary/aromatic N) is 1. The zero-order valence-corrected chi connectivity index (χ0v) is 11.4. The first-order valence-corrected chi connectivity index (χ1v) is 6.96. The van der Waals surface area contributed by atoms with Gasteiger partial charge in [0.25, 0.3) is 0 Å². The van der Waals surface area contributed by atoms with Gasteiger partial charge in [-0.1, -0.05) is 35.6 Å². The van der Waals surface area contributed by atoms with E-state index in [1.807, 2.05) is 48.5 Å². The van der Waals surface area contributed by atoms with Gasteiger partial charge in [0.1, 0.15) is 0 Å². The van der Waals surface area contributed by atoms with Crippen molar-refractivity contribution in [2.24, 2.45) is 0 Å². The van der Waals surface area contributed by atoms with Crippen LogP contribution in [-0.4, -0.2) is 16.1 Å². The van der Waals surface area contributed by atoms with Gasteiger partial charge < -0.3 is 10.4 Å². The van der Waals surface area contributed by atoms with Crippen LogP contribution in [0.1, 0.15) is 5.56 Å². The van der Waals surface area contributed by atoms with Crippen LogP contribution in [0.15, 0.2) is 48.5 Å². The number of benzene rings is 2. The number of carbonyl (C=O) groups is 1. The summed E-state index contributed by atoms with van der Waals surface area (Å²) in [6, 6.07) is 15.4. The average molecular weight is 284 g/mol. The van der Waals surface area contributed by atoms with Gasteiger partial charge in [-0.25, -0.2) is 4.98 Å². The lowest BCUT2D eigenvalue weighted by Crippen LogP contribution is -1.99. The normalized spacial score (nSPS) is 10.6. The lowest BCUT2D eigenvalue weighted by Gasteiger charge is -1.99. The van der Waals surface area contributed by atoms with Crippen molar-refractivity contribution in [3.8, 4) is 0 Å². The van der Waals surface area contributed by atoms with Gasteiger partial charge in [-0.2, -0.15) is 0 Å². The van der Waals surface area contributed by atoms with E-state index in [-0.39, 0.29) is 6.42 Å². The third-order valence-corrected chi connectivity index (χ3v) is 3.77. The molecule has 0 fully saturated rings. The highest BCUT2D eigenvalue weighted by Gasteiger charge is 2.07. The minimum absolute atomic E-state index is 0.0370. The van der Waals surface area contributed by atoms with E-state index in [1.165, 1.54) is 11.3 Å². The first-order valence-electron chi connectivity index (χ1n) is 6.14. The molecule has 20 heavy (non-hydrogen) atoms. The summed E-state index contributed by atoms with van der Waals surface area (Å²) in [5, 5.41) is 12.9. The SMILES string of the molecule is O=C(O)Cc1ccc2nc(Nc3ccccc3)sc2c1. The number of hydrogen-bond donors (Lipinski definition) is 2. The number of aliphatic carboxylic acids is 1. The number of hydrogen-bond acceptors (Lipinski definition) is 4. The van der Waals surface area contributed by atoms with Crippen LogP contribution in [0, 0.1) is 0 Å². The summed E-state index contributed by atoms with van der Waals surface area (Å²) >= 11 is 1.52. The summed E-state index contributed by atoms with van der Waals surface area (Å²) in [6.45, 7) is 0. The van der Waals surface area contributed by atoms with Gasteiger partial charge in [0.2, 0.25) is 0 Å². The standard InChI is InChI=1S/C15H12N2O2S/c18-14(19)9-10-6-7-12-13(8-10)20-15(17-12)16-11-4-2-1-3-5-11/h1-8H,9H2,(H,16,17)(H,18,19). The van der Waals surface area contributed by atoms with Crippen LogP contribution in [-0.2, 0) is 11.2 Å². The van der Waals surface area contributed by atoms with E-state index in [1.54, 1.807) is 0 Å². The van der Waals surface area contributed by atoms with Crippen LogP contribution in [0.4, 0.5) is 10.8 Å². The molecule has 0 saturated heterocycles. The Labute approximate surface area is 119 Å². The molecule has 0 atom stereocenters. The Balaban J connectivity index is 1.88. The zero-order valence-electron chi connectivity index (χ0n) is 10.5. The molecule has 1 aromatic heterocycles. The zero-order chi connectivity index (χ0) is 13.9. The van der Waals surface area contributed by atoms with Gasteiger partial charge >= 0.3 is 5.97 Å².